The van der Waals surface area contributed by atoms with Crippen LogP contribution in [0.5, 0.6) is 0 Å². The fraction of sp³-hybridized carbons (Fsp3) is 0. The lowest BCUT2D eigenvalue weighted by atomic mass is 10.2. The maximum Gasteiger partial charge on any atom is 0.337 e. The Morgan fingerprint density at radius 3 is 2.81 bits per heavy atom. The first-order chi connectivity index (χ1) is 7.59. The molecule has 2 rings (SSSR count). The number of benzene rings is 1. The Morgan fingerprint density at radius 2 is 2.25 bits per heavy atom. The zero-order valence-electron chi connectivity index (χ0n) is 7.89. The first kappa shape index (κ1) is 10.6. The van der Waals surface area contributed by atoms with Gasteiger partial charge in [-0.1, -0.05) is 11.6 Å². The molecule has 6 heteroatoms. The van der Waals surface area contributed by atoms with Crippen LogP contribution >= 0.6 is 11.6 Å². The van der Waals surface area contributed by atoms with Crippen LogP contribution in [0.25, 0.3) is 5.69 Å². The van der Waals surface area contributed by atoms with Crippen molar-refractivity contribution in [1.82, 2.24) is 9.78 Å². The molecule has 0 saturated carbocycles. The molecular formula is C10H6ClFN2O2. The molecule has 0 aliphatic rings. The van der Waals surface area contributed by atoms with E-state index in [9.17, 15) is 9.18 Å². The summed E-state index contributed by atoms with van der Waals surface area (Å²) in [5.41, 5.74) is 0.0245. The molecule has 82 valence electrons. The quantitative estimate of drug-likeness (QED) is 0.877. The second-order valence-electron chi connectivity index (χ2n) is 3.04. The van der Waals surface area contributed by atoms with Crippen LogP contribution < -0.4 is 0 Å². The SMILES string of the molecule is O=C(O)c1cc(-n2cccn2)cc(F)c1Cl. The maximum absolute atomic E-state index is 13.4. The standard InChI is InChI=1S/C10H6ClFN2O2/c11-9-7(10(15)16)4-6(5-8(9)12)14-3-1-2-13-14/h1-5H,(H,15,16). The summed E-state index contributed by atoms with van der Waals surface area (Å²) in [4.78, 5) is 10.8. The number of hydrogen-bond donors (Lipinski definition) is 1. The van der Waals surface area contributed by atoms with E-state index in [1.807, 2.05) is 0 Å². The van der Waals surface area contributed by atoms with Crippen LogP contribution in [0.3, 0.4) is 0 Å². The summed E-state index contributed by atoms with van der Waals surface area (Å²) < 4.78 is 14.7. The summed E-state index contributed by atoms with van der Waals surface area (Å²) in [7, 11) is 0. The van der Waals surface area contributed by atoms with E-state index in [0.717, 1.165) is 6.07 Å². The van der Waals surface area contributed by atoms with Gasteiger partial charge in [-0.2, -0.15) is 5.10 Å². The molecule has 0 atom stereocenters. The number of hydrogen-bond acceptors (Lipinski definition) is 2. The maximum atomic E-state index is 13.4. The Hall–Kier alpha value is -1.88. The van der Waals surface area contributed by atoms with Crippen LogP contribution in [0.15, 0.2) is 30.6 Å². The summed E-state index contributed by atoms with van der Waals surface area (Å²) >= 11 is 5.54. The van der Waals surface area contributed by atoms with Crippen LogP contribution in [0.4, 0.5) is 4.39 Å². The van der Waals surface area contributed by atoms with Crippen molar-refractivity contribution in [3.8, 4) is 5.69 Å². The molecule has 2 aromatic rings. The Bertz CT molecular complexity index is 540. The van der Waals surface area contributed by atoms with Gasteiger partial charge in [0.2, 0.25) is 0 Å². The van der Waals surface area contributed by atoms with E-state index >= 15 is 0 Å². The highest BCUT2D eigenvalue weighted by atomic mass is 35.5. The molecule has 16 heavy (non-hydrogen) atoms. The van der Waals surface area contributed by atoms with Gasteiger partial charge in [0.1, 0.15) is 5.82 Å². The third kappa shape index (κ3) is 1.77. The van der Waals surface area contributed by atoms with Gasteiger partial charge in [-0.3, -0.25) is 0 Å². The monoisotopic (exact) mass is 240 g/mol. The number of carbonyl (C=O) groups is 1. The molecule has 0 radical (unpaired) electrons. The Labute approximate surface area is 94.9 Å². The molecule has 0 fully saturated rings. The second kappa shape index (κ2) is 3.94. The molecule has 1 aromatic heterocycles. The number of carboxylic acids is 1. The van der Waals surface area contributed by atoms with Crippen LogP contribution in [0.2, 0.25) is 5.02 Å². The van der Waals surface area contributed by atoms with E-state index in [4.69, 9.17) is 16.7 Å². The highest BCUT2D eigenvalue weighted by Crippen LogP contribution is 2.23. The molecule has 0 unspecified atom stereocenters. The van der Waals surface area contributed by atoms with Crippen molar-refractivity contribution >= 4 is 17.6 Å². The van der Waals surface area contributed by atoms with Gasteiger partial charge >= 0.3 is 5.97 Å². The number of rotatable bonds is 2. The number of aromatic carboxylic acids is 1. The van der Waals surface area contributed by atoms with Gasteiger partial charge in [0, 0.05) is 18.5 Å². The van der Waals surface area contributed by atoms with Crippen LogP contribution in [0.1, 0.15) is 10.4 Å². The predicted molar refractivity (Wildman–Crippen MR) is 55.5 cm³/mol. The molecule has 0 bridgehead atoms. The fourth-order valence-electron chi connectivity index (χ4n) is 1.28. The van der Waals surface area contributed by atoms with Gasteiger partial charge < -0.3 is 5.11 Å². The summed E-state index contributed by atoms with van der Waals surface area (Å²) in [6, 6.07) is 4.04. The molecule has 0 spiro atoms. The summed E-state index contributed by atoms with van der Waals surface area (Å²) in [5, 5.41) is 12.3. The van der Waals surface area contributed by atoms with Gasteiger partial charge in [0.05, 0.1) is 16.3 Å². The number of carboxylic acid groups (broad SMARTS) is 1. The van der Waals surface area contributed by atoms with Crippen molar-refractivity contribution in [3.63, 3.8) is 0 Å². The number of nitrogens with zero attached hydrogens (tertiary/aromatic N) is 2. The van der Waals surface area contributed by atoms with E-state index in [1.54, 1.807) is 12.3 Å². The van der Waals surface area contributed by atoms with E-state index in [2.05, 4.69) is 5.10 Å². The third-order valence-corrected chi connectivity index (χ3v) is 2.40. The average molecular weight is 241 g/mol. The minimum absolute atomic E-state index is 0.285. The van der Waals surface area contributed by atoms with Gasteiger partial charge in [-0.05, 0) is 12.1 Å². The highest BCUT2D eigenvalue weighted by molar-refractivity contribution is 6.33. The molecular weight excluding hydrogens is 235 g/mol. The van der Waals surface area contributed by atoms with E-state index in [-0.39, 0.29) is 5.56 Å². The minimum Gasteiger partial charge on any atom is -0.478 e. The molecule has 0 aliphatic carbocycles. The van der Waals surface area contributed by atoms with E-state index in [0.29, 0.717) is 5.69 Å². The Morgan fingerprint density at radius 1 is 1.50 bits per heavy atom. The number of aromatic nitrogens is 2. The fourth-order valence-corrected chi connectivity index (χ4v) is 1.47. The minimum atomic E-state index is -1.28. The second-order valence-corrected chi connectivity index (χ2v) is 3.42. The normalized spacial score (nSPS) is 10.4. The van der Waals surface area contributed by atoms with Gasteiger partial charge in [-0.15, -0.1) is 0 Å². The van der Waals surface area contributed by atoms with Crippen molar-refractivity contribution in [2.24, 2.45) is 0 Å². The summed E-state index contributed by atoms with van der Waals surface area (Å²) in [6.45, 7) is 0. The topological polar surface area (TPSA) is 55.1 Å². The van der Waals surface area contributed by atoms with Gasteiger partial charge in [-0.25, -0.2) is 13.9 Å². The van der Waals surface area contributed by atoms with E-state index < -0.39 is 16.8 Å². The molecule has 0 aliphatic heterocycles. The summed E-state index contributed by atoms with van der Waals surface area (Å²) in [6.07, 6.45) is 3.08. The van der Waals surface area contributed by atoms with Gasteiger partial charge in [0.25, 0.3) is 0 Å². The lowest BCUT2D eigenvalue weighted by Crippen LogP contribution is -2.03. The average Bonchev–Trinajstić information content (AvgIpc) is 2.74. The summed E-state index contributed by atoms with van der Waals surface area (Å²) in [5.74, 6) is -2.06. The van der Waals surface area contributed by atoms with Crippen molar-refractivity contribution < 1.29 is 14.3 Å². The molecule has 0 amide bonds. The molecule has 0 saturated heterocycles. The molecule has 1 heterocycles. The largest absolute Gasteiger partial charge is 0.478 e. The van der Waals surface area contributed by atoms with Crippen molar-refractivity contribution in [1.29, 1.82) is 0 Å². The smallest absolute Gasteiger partial charge is 0.337 e. The van der Waals surface area contributed by atoms with Crippen molar-refractivity contribution in [3.05, 3.63) is 47.0 Å². The third-order valence-electron chi connectivity index (χ3n) is 2.01. The highest BCUT2D eigenvalue weighted by Gasteiger charge is 2.15. The zero-order chi connectivity index (χ0) is 11.7. The molecule has 4 nitrogen and oxygen atoms in total. The zero-order valence-corrected chi connectivity index (χ0v) is 8.65. The van der Waals surface area contributed by atoms with Crippen LogP contribution in [-0.2, 0) is 0 Å². The Kier molecular flexibility index (Phi) is 2.62. The van der Waals surface area contributed by atoms with Crippen LogP contribution in [0, 0.1) is 5.82 Å². The lowest BCUT2D eigenvalue weighted by Gasteiger charge is -2.05. The van der Waals surface area contributed by atoms with Crippen LogP contribution in [-0.4, -0.2) is 20.9 Å². The van der Waals surface area contributed by atoms with E-state index in [1.165, 1.54) is 16.9 Å². The van der Waals surface area contributed by atoms with Crippen molar-refractivity contribution in [2.75, 3.05) is 0 Å². The first-order valence-corrected chi connectivity index (χ1v) is 4.70. The van der Waals surface area contributed by atoms with Crippen molar-refractivity contribution in [2.45, 2.75) is 0 Å². The molecule has 1 aromatic carbocycles. The first-order valence-electron chi connectivity index (χ1n) is 4.32. The number of halogens is 2. The Balaban J connectivity index is 2.62. The van der Waals surface area contributed by atoms with Gasteiger partial charge in [0.15, 0.2) is 0 Å². The lowest BCUT2D eigenvalue weighted by molar-refractivity contribution is 0.0696. The predicted octanol–water partition coefficient (Wildman–Crippen LogP) is 2.36. The molecule has 1 N–H and O–H groups in total.